The summed E-state index contributed by atoms with van der Waals surface area (Å²) in [5.74, 6) is 1.76. The van der Waals surface area contributed by atoms with Gasteiger partial charge in [-0.25, -0.2) is 0 Å². The fraction of sp³-hybridized carbons (Fsp3) is 0.562. The zero-order chi connectivity index (χ0) is 15.2. The molecule has 1 aromatic carbocycles. The maximum Gasteiger partial charge on any atom is 0.251 e. The van der Waals surface area contributed by atoms with E-state index >= 15 is 0 Å². The van der Waals surface area contributed by atoms with Crippen LogP contribution < -0.4 is 10.1 Å². The largest absolute Gasteiger partial charge is 0.504 e. The van der Waals surface area contributed by atoms with E-state index in [2.05, 4.69) is 5.32 Å². The molecule has 0 radical (unpaired) electrons. The molecule has 0 saturated heterocycles. The van der Waals surface area contributed by atoms with Crippen molar-refractivity contribution in [1.29, 1.82) is 0 Å². The molecule has 5 heteroatoms. The molecule has 1 amide bonds. The molecule has 21 heavy (non-hydrogen) atoms. The lowest BCUT2D eigenvalue weighted by molar-refractivity contribution is 0.0936. The molecule has 4 nitrogen and oxygen atoms in total. The second-order valence-corrected chi connectivity index (χ2v) is 5.86. The molecule has 2 unspecified atom stereocenters. The molecular formula is C16H22ClNO3. The Hall–Kier alpha value is -1.42. The van der Waals surface area contributed by atoms with Crippen LogP contribution in [0.4, 0.5) is 0 Å². The Morgan fingerprint density at radius 2 is 2.10 bits per heavy atom. The average molecular weight is 312 g/mol. The van der Waals surface area contributed by atoms with Crippen LogP contribution in [0.3, 0.4) is 0 Å². The van der Waals surface area contributed by atoms with Gasteiger partial charge in [0.2, 0.25) is 0 Å². The summed E-state index contributed by atoms with van der Waals surface area (Å²) in [5, 5.41) is 12.7. The quantitative estimate of drug-likeness (QED) is 0.821. The molecule has 0 aliphatic heterocycles. The minimum absolute atomic E-state index is 0.0264. The van der Waals surface area contributed by atoms with Crippen molar-refractivity contribution in [2.24, 2.45) is 11.8 Å². The Kier molecular flexibility index (Phi) is 5.74. The van der Waals surface area contributed by atoms with Gasteiger partial charge in [0.1, 0.15) is 0 Å². The molecule has 2 atom stereocenters. The van der Waals surface area contributed by atoms with Gasteiger partial charge in [-0.1, -0.05) is 12.8 Å². The van der Waals surface area contributed by atoms with Gasteiger partial charge >= 0.3 is 0 Å². The first-order chi connectivity index (χ1) is 10.2. The average Bonchev–Trinajstić information content (AvgIpc) is 2.52. The monoisotopic (exact) mass is 311 g/mol. The summed E-state index contributed by atoms with van der Waals surface area (Å²) < 4.78 is 4.97. The van der Waals surface area contributed by atoms with Crippen LogP contribution in [-0.4, -0.2) is 30.5 Å². The minimum Gasteiger partial charge on any atom is -0.504 e. The summed E-state index contributed by atoms with van der Waals surface area (Å²) in [6.45, 7) is 0.642. The first-order valence-electron chi connectivity index (χ1n) is 7.37. The third-order valence-corrected chi connectivity index (χ3v) is 4.63. The predicted octanol–water partition coefficient (Wildman–Crippen LogP) is 3.18. The van der Waals surface area contributed by atoms with E-state index < -0.39 is 0 Å². The van der Waals surface area contributed by atoms with E-state index in [1.165, 1.54) is 26.0 Å². The molecule has 1 aliphatic rings. The van der Waals surface area contributed by atoms with Crippen molar-refractivity contribution in [3.63, 3.8) is 0 Å². The lowest BCUT2D eigenvalue weighted by Crippen LogP contribution is -2.34. The number of amides is 1. The number of carbonyl (C=O) groups excluding carboxylic acids is 1. The van der Waals surface area contributed by atoms with Gasteiger partial charge in [-0.15, -0.1) is 11.6 Å². The molecule has 116 valence electrons. The fourth-order valence-corrected chi connectivity index (χ4v) is 3.32. The number of hydrogen-bond acceptors (Lipinski definition) is 3. The number of carbonyl (C=O) groups is 1. The van der Waals surface area contributed by atoms with Crippen LogP contribution in [0.15, 0.2) is 18.2 Å². The first-order valence-corrected chi connectivity index (χ1v) is 7.90. The molecule has 1 aliphatic carbocycles. The van der Waals surface area contributed by atoms with E-state index in [1.54, 1.807) is 12.1 Å². The van der Waals surface area contributed by atoms with Crippen LogP contribution in [-0.2, 0) is 0 Å². The van der Waals surface area contributed by atoms with E-state index in [0.717, 1.165) is 12.8 Å². The van der Waals surface area contributed by atoms with Crippen molar-refractivity contribution in [3.05, 3.63) is 23.8 Å². The second-order valence-electron chi connectivity index (χ2n) is 5.56. The van der Waals surface area contributed by atoms with Crippen molar-refractivity contribution in [3.8, 4) is 11.5 Å². The highest BCUT2D eigenvalue weighted by molar-refractivity contribution is 6.18. The Labute approximate surface area is 130 Å². The van der Waals surface area contributed by atoms with Gasteiger partial charge in [0.05, 0.1) is 7.11 Å². The van der Waals surface area contributed by atoms with E-state index in [0.29, 0.717) is 35.6 Å². The van der Waals surface area contributed by atoms with E-state index in [9.17, 15) is 9.90 Å². The summed E-state index contributed by atoms with van der Waals surface area (Å²) in [6.07, 6.45) is 4.70. The number of methoxy groups -OCH3 is 1. The highest BCUT2D eigenvalue weighted by Gasteiger charge is 2.24. The maximum absolute atomic E-state index is 12.1. The number of nitrogens with one attached hydrogen (secondary N) is 1. The Balaban J connectivity index is 1.93. The first kappa shape index (κ1) is 16.0. The van der Waals surface area contributed by atoms with Crippen LogP contribution in [0.25, 0.3) is 0 Å². The number of ether oxygens (including phenoxy) is 1. The maximum atomic E-state index is 12.1. The number of phenolic OH excluding ortho intramolecular Hbond substituents is 1. The van der Waals surface area contributed by atoms with Gasteiger partial charge in [-0.2, -0.15) is 0 Å². The number of halogens is 1. The molecule has 0 aromatic heterocycles. The number of aromatic hydroxyl groups is 1. The summed E-state index contributed by atoms with van der Waals surface area (Å²) in [7, 11) is 1.48. The molecule has 0 heterocycles. The Morgan fingerprint density at radius 3 is 2.71 bits per heavy atom. The van der Waals surface area contributed by atoms with E-state index in [4.69, 9.17) is 16.3 Å². The van der Waals surface area contributed by atoms with Gasteiger partial charge in [0.25, 0.3) is 5.91 Å². The van der Waals surface area contributed by atoms with Gasteiger partial charge < -0.3 is 15.2 Å². The predicted molar refractivity (Wildman–Crippen MR) is 83.2 cm³/mol. The molecule has 1 fully saturated rings. The van der Waals surface area contributed by atoms with Crippen LogP contribution in [0.5, 0.6) is 11.5 Å². The second kappa shape index (κ2) is 7.55. The summed E-state index contributed by atoms with van der Waals surface area (Å²) in [5.41, 5.74) is 0.437. The Morgan fingerprint density at radius 1 is 1.38 bits per heavy atom. The normalized spacial score (nSPS) is 21.8. The fourth-order valence-electron chi connectivity index (χ4n) is 2.91. The number of alkyl halides is 1. The molecule has 1 saturated carbocycles. The SMILES string of the molecule is COc1ccc(C(=O)NCC2CCCCC2CCl)cc1O. The van der Waals surface area contributed by atoms with Gasteiger partial charge in [-0.05, 0) is 42.9 Å². The van der Waals surface area contributed by atoms with Crippen LogP contribution >= 0.6 is 11.6 Å². The van der Waals surface area contributed by atoms with E-state index in [-0.39, 0.29) is 11.7 Å². The standard InChI is InChI=1S/C16H22ClNO3/c1-21-15-7-6-11(8-14(15)19)16(20)18-10-13-5-3-2-4-12(13)9-17/h6-8,12-13,19H,2-5,9-10H2,1H3,(H,18,20). The lowest BCUT2D eigenvalue weighted by Gasteiger charge is -2.30. The summed E-state index contributed by atoms with van der Waals surface area (Å²) >= 11 is 6.00. The number of hydrogen-bond donors (Lipinski definition) is 2. The van der Waals surface area contributed by atoms with Gasteiger partial charge in [-0.3, -0.25) is 4.79 Å². The smallest absolute Gasteiger partial charge is 0.251 e. The van der Waals surface area contributed by atoms with Crippen LogP contribution in [0.2, 0.25) is 0 Å². The number of rotatable bonds is 5. The zero-order valence-electron chi connectivity index (χ0n) is 12.3. The van der Waals surface area contributed by atoms with Gasteiger partial charge in [0.15, 0.2) is 11.5 Å². The van der Waals surface area contributed by atoms with Crippen molar-refractivity contribution in [2.45, 2.75) is 25.7 Å². The third-order valence-electron chi connectivity index (χ3n) is 4.23. The minimum atomic E-state index is -0.174. The van der Waals surface area contributed by atoms with Crippen molar-refractivity contribution in [2.75, 3.05) is 19.5 Å². The molecule has 1 aromatic rings. The highest BCUT2D eigenvalue weighted by Crippen LogP contribution is 2.30. The van der Waals surface area contributed by atoms with Crippen LogP contribution in [0, 0.1) is 11.8 Å². The third kappa shape index (κ3) is 4.03. The molecule has 0 spiro atoms. The topological polar surface area (TPSA) is 58.6 Å². The van der Waals surface area contributed by atoms with Crippen molar-refractivity contribution in [1.82, 2.24) is 5.32 Å². The molecule has 0 bridgehead atoms. The summed E-state index contributed by atoms with van der Waals surface area (Å²) in [4.78, 5) is 12.1. The van der Waals surface area contributed by atoms with Crippen molar-refractivity contribution < 1.29 is 14.6 Å². The zero-order valence-corrected chi connectivity index (χ0v) is 13.0. The van der Waals surface area contributed by atoms with Gasteiger partial charge in [0, 0.05) is 18.0 Å². The number of benzene rings is 1. The van der Waals surface area contributed by atoms with Crippen LogP contribution in [0.1, 0.15) is 36.0 Å². The molecular weight excluding hydrogens is 290 g/mol. The number of phenols is 1. The van der Waals surface area contributed by atoms with Crippen molar-refractivity contribution >= 4 is 17.5 Å². The Bertz CT molecular complexity index is 492. The summed E-state index contributed by atoms with van der Waals surface area (Å²) in [6, 6.07) is 4.66. The molecule has 2 rings (SSSR count). The lowest BCUT2D eigenvalue weighted by atomic mass is 9.80. The molecule has 2 N–H and O–H groups in total. The highest BCUT2D eigenvalue weighted by atomic mass is 35.5. The van der Waals surface area contributed by atoms with E-state index in [1.807, 2.05) is 0 Å².